The molecule has 24 heavy (non-hydrogen) atoms. The molecule has 7 heteroatoms. The molecule has 3 heterocycles. The van der Waals surface area contributed by atoms with Crippen LogP contribution in [0.1, 0.15) is 5.56 Å². The highest BCUT2D eigenvalue weighted by Crippen LogP contribution is 2.35. The normalized spacial score (nSPS) is 18.5. The number of nitrogens with two attached hydrogens (primary N) is 2. The van der Waals surface area contributed by atoms with Gasteiger partial charge in [0.15, 0.2) is 0 Å². The number of fused-ring (bicyclic) bond motifs is 1. The van der Waals surface area contributed by atoms with E-state index < -0.39 is 0 Å². The maximum absolute atomic E-state index is 5.97. The zero-order chi connectivity index (χ0) is 16.5. The number of piperazine rings is 1. The Balaban J connectivity index is 1.58. The molecule has 124 valence electrons. The fraction of sp³-hybridized carbons (Fsp3) is 0.294. The van der Waals surface area contributed by atoms with E-state index in [-0.39, 0.29) is 5.95 Å². The monoisotopic (exact) mass is 324 g/mol. The molecule has 1 saturated heterocycles. The summed E-state index contributed by atoms with van der Waals surface area (Å²) in [5.41, 5.74) is 14.4. The summed E-state index contributed by atoms with van der Waals surface area (Å²) in [6.45, 7) is 4.04. The highest BCUT2D eigenvalue weighted by Gasteiger charge is 2.20. The molecule has 0 amide bonds. The average Bonchev–Trinajstić information content (AvgIpc) is 2.97. The van der Waals surface area contributed by atoms with E-state index in [0.29, 0.717) is 5.82 Å². The van der Waals surface area contributed by atoms with E-state index in [4.69, 9.17) is 16.2 Å². The minimum atomic E-state index is 0.182. The van der Waals surface area contributed by atoms with Crippen LogP contribution < -0.4 is 21.5 Å². The molecule has 2 aliphatic rings. The van der Waals surface area contributed by atoms with Gasteiger partial charge in [0.05, 0.1) is 0 Å². The number of ether oxygens (including phenoxy) is 1. The fourth-order valence-corrected chi connectivity index (χ4v) is 3.07. The molecule has 0 aliphatic carbocycles. The van der Waals surface area contributed by atoms with Gasteiger partial charge in [-0.15, -0.1) is 0 Å². The third-order valence-electron chi connectivity index (χ3n) is 4.29. The van der Waals surface area contributed by atoms with Crippen LogP contribution in [0.4, 0.5) is 11.8 Å². The van der Waals surface area contributed by atoms with Crippen LogP contribution in [0.25, 0.3) is 11.1 Å². The van der Waals surface area contributed by atoms with Crippen LogP contribution in [0.3, 0.4) is 0 Å². The lowest BCUT2D eigenvalue weighted by atomic mass is 10.0. The van der Waals surface area contributed by atoms with E-state index in [9.17, 15) is 0 Å². The Morgan fingerprint density at radius 3 is 2.83 bits per heavy atom. The summed E-state index contributed by atoms with van der Waals surface area (Å²) < 4.78 is 5.97. The van der Waals surface area contributed by atoms with E-state index >= 15 is 0 Å². The lowest BCUT2D eigenvalue weighted by Crippen LogP contribution is -2.40. The van der Waals surface area contributed by atoms with Crippen molar-refractivity contribution in [2.45, 2.75) is 6.42 Å². The van der Waals surface area contributed by atoms with Gasteiger partial charge in [0, 0.05) is 56.1 Å². The van der Waals surface area contributed by atoms with Crippen LogP contribution in [0, 0.1) is 0 Å². The first-order valence-corrected chi connectivity index (χ1v) is 8.03. The summed E-state index contributed by atoms with van der Waals surface area (Å²) in [5.74, 6) is 2.44. The number of hydrogen-bond acceptors (Lipinski definition) is 7. The predicted molar refractivity (Wildman–Crippen MR) is 93.2 cm³/mol. The molecule has 0 bridgehead atoms. The van der Waals surface area contributed by atoms with Crippen LogP contribution in [0.2, 0.25) is 0 Å². The smallest absolute Gasteiger partial charge is 0.221 e. The number of rotatable bonds is 2. The molecule has 1 fully saturated rings. The molecular formula is C17H20N6O. The fourth-order valence-electron chi connectivity index (χ4n) is 3.07. The van der Waals surface area contributed by atoms with Gasteiger partial charge in [-0.25, -0.2) is 4.98 Å². The first kappa shape index (κ1) is 14.8. The van der Waals surface area contributed by atoms with Gasteiger partial charge >= 0.3 is 0 Å². The van der Waals surface area contributed by atoms with Crippen molar-refractivity contribution >= 4 is 11.8 Å². The molecule has 2 aliphatic heterocycles. The highest BCUT2D eigenvalue weighted by molar-refractivity contribution is 5.75. The summed E-state index contributed by atoms with van der Waals surface area (Å²) in [5, 5.41) is 3.35. The minimum Gasteiger partial charge on any atom is -0.460 e. The first-order valence-electron chi connectivity index (χ1n) is 8.03. The predicted octanol–water partition coefficient (Wildman–Crippen LogP) is 0.989. The zero-order valence-electron chi connectivity index (χ0n) is 13.3. The molecule has 7 nitrogen and oxygen atoms in total. The van der Waals surface area contributed by atoms with Gasteiger partial charge in [-0.1, -0.05) is 6.07 Å². The number of benzene rings is 1. The van der Waals surface area contributed by atoms with Gasteiger partial charge in [0.1, 0.15) is 17.3 Å². The molecule has 0 radical (unpaired) electrons. The molecule has 0 spiro atoms. The number of hydrogen-bond donors (Lipinski definition) is 3. The summed E-state index contributed by atoms with van der Waals surface area (Å²) in [4.78, 5) is 10.4. The maximum Gasteiger partial charge on any atom is 0.221 e. The number of nitrogen functional groups attached to an aromatic ring is 2. The van der Waals surface area contributed by atoms with E-state index in [1.165, 1.54) is 0 Å². The largest absolute Gasteiger partial charge is 0.460 e. The molecule has 1 aromatic heterocycles. The summed E-state index contributed by atoms with van der Waals surface area (Å²) in [6, 6.07) is 6.02. The first-order chi connectivity index (χ1) is 11.7. The van der Waals surface area contributed by atoms with Gasteiger partial charge in [-0.2, -0.15) is 4.98 Å². The lowest BCUT2D eigenvalue weighted by Gasteiger charge is -2.26. The van der Waals surface area contributed by atoms with Gasteiger partial charge in [-0.05, 0) is 17.7 Å². The zero-order valence-corrected chi connectivity index (χ0v) is 13.3. The van der Waals surface area contributed by atoms with Crippen molar-refractivity contribution in [3.8, 4) is 16.9 Å². The minimum absolute atomic E-state index is 0.182. The number of nitrogens with zero attached hydrogens (tertiary/aromatic N) is 3. The number of nitrogens with one attached hydrogen (secondary N) is 1. The average molecular weight is 324 g/mol. The molecule has 0 atom stereocenters. The summed E-state index contributed by atoms with van der Waals surface area (Å²) in [7, 11) is 0. The van der Waals surface area contributed by atoms with E-state index in [2.05, 4.69) is 32.5 Å². The SMILES string of the molecule is Nc1ncc(-c2ccc3c(c2)CC(=CN2CCNCC2)O3)c(N)n1. The second-order valence-electron chi connectivity index (χ2n) is 6.01. The van der Waals surface area contributed by atoms with Gasteiger partial charge in [0.25, 0.3) is 0 Å². The maximum atomic E-state index is 5.97. The van der Waals surface area contributed by atoms with Gasteiger partial charge < -0.3 is 26.4 Å². The van der Waals surface area contributed by atoms with Crippen molar-refractivity contribution in [1.29, 1.82) is 0 Å². The standard InChI is InChI=1S/C17H20N6O/c18-16-14(9-21-17(19)22-16)11-1-2-15-12(7-11)8-13(24-15)10-23-5-3-20-4-6-23/h1-2,7,9-10,20H,3-6,8H2,(H4,18,19,21,22). The second kappa shape index (κ2) is 6.01. The molecule has 2 aromatic rings. The van der Waals surface area contributed by atoms with Crippen molar-refractivity contribution in [1.82, 2.24) is 20.2 Å². The molecular weight excluding hydrogens is 304 g/mol. The van der Waals surface area contributed by atoms with Crippen LogP contribution in [-0.2, 0) is 6.42 Å². The summed E-state index contributed by atoms with van der Waals surface area (Å²) >= 11 is 0. The molecule has 5 N–H and O–H groups in total. The number of allylic oxidation sites excluding steroid dienone is 1. The number of anilines is 2. The van der Waals surface area contributed by atoms with Crippen molar-refractivity contribution < 1.29 is 4.74 Å². The second-order valence-corrected chi connectivity index (χ2v) is 6.01. The van der Waals surface area contributed by atoms with E-state index in [1.54, 1.807) is 6.20 Å². The van der Waals surface area contributed by atoms with Crippen molar-refractivity contribution in [3.05, 3.63) is 41.9 Å². The quantitative estimate of drug-likeness (QED) is 0.757. The Kier molecular flexibility index (Phi) is 3.70. The Labute approximate surface area is 140 Å². The van der Waals surface area contributed by atoms with Crippen LogP contribution >= 0.6 is 0 Å². The topological polar surface area (TPSA) is 102 Å². The summed E-state index contributed by atoms with van der Waals surface area (Å²) in [6.07, 6.45) is 4.57. The Hall–Kier alpha value is -2.80. The van der Waals surface area contributed by atoms with Crippen molar-refractivity contribution in [2.24, 2.45) is 0 Å². The molecule has 0 unspecified atom stereocenters. The Bertz CT molecular complexity index is 798. The third kappa shape index (κ3) is 2.85. The van der Waals surface area contributed by atoms with E-state index in [1.807, 2.05) is 12.1 Å². The van der Waals surface area contributed by atoms with E-state index in [0.717, 1.165) is 60.8 Å². The Morgan fingerprint density at radius 1 is 1.21 bits per heavy atom. The van der Waals surface area contributed by atoms with Crippen LogP contribution in [-0.4, -0.2) is 41.0 Å². The molecule has 1 aromatic carbocycles. The van der Waals surface area contributed by atoms with Crippen LogP contribution in [0.15, 0.2) is 36.4 Å². The van der Waals surface area contributed by atoms with Gasteiger partial charge in [-0.3, -0.25) is 0 Å². The number of aromatic nitrogens is 2. The van der Waals surface area contributed by atoms with Crippen molar-refractivity contribution in [2.75, 3.05) is 37.6 Å². The van der Waals surface area contributed by atoms with Gasteiger partial charge in [0.2, 0.25) is 5.95 Å². The Morgan fingerprint density at radius 2 is 2.04 bits per heavy atom. The lowest BCUT2D eigenvalue weighted by molar-refractivity contribution is 0.308. The highest BCUT2D eigenvalue weighted by atomic mass is 16.5. The van der Waals surface area contributed by atoms with Crippen LogP contribution in [0.5, 0.6) is 5.75 Å². The van der Waals surface area contributed by atoms with Crippen molar-refractivity contribution in [3.63, 3.8) is 0 Å². The third-order valence-corrected chi connectivity index (χ3v) is 4.29. The molecule has 0 saturated carbocycles. The molecule has 4 rings (SSSR count).